The van der Waals surface area contributed by atoms with Gasteiger partial charge in [0.15, 0.2) is 11.4 Å². The van der Waals surface area contributed by atoms with E-state index in [1.165, 1.54) is 0 Å². The van der Waals surface area contributed by atoms with Crippen LogP contribution in [-0.4, -0.2) is 23.3 Å². The van der Waals surface area contributed by atoms with E-state index in [-0.39, 0.29) is 12.2 Å². The standard InChI is InChI=1S/C19H17BrClNO3/c1-2-9-22-16-8-5-13(20)10-15(16)19(25,18(22)24)11-17(23)12-3-6-14(21)7-4-12/h3-8,10,25H,2,9,11H2,1H3/t19-/m1/s1. The molecule has 0 saturated heterocycles. The van der Waals surface area contributed by atoms with Crippen LogP contribution >= 0.6 is 27.5 Å². The second-order valence-electron chi connectivity index (χ2n) is 6.09. The highest BCUT2D eigenvalue weighted by Crippen LogP contribution is 2.44. The Morgan fingerprint density at radius 1 is 1.24 bits per heavy atom. The number of benzene rings is 2. The van der Waals surface area contributed by atoms with Gasteiger partial charge in [0.2, 0.25) is 0 Å². The van der Waals surface area contributed by atoms with E-state index < -0.39 is 11.5 Å². The first-order valence-electron chi connectivity index (χ1n) is 8.00. The van der Waals surface area contributed by atoms with Gasteiger partial charge in [0, 0.05) is 27.2 Å². The highest BCUT2D eigenvalue weighted by atomic mass is 79.9. The average Bonchev–Trinajstić information content (AvgIpc) is 2.77. The van der Waals surface area contributed by atoms with E-state index in [2.05, 4.69) is 15.9 Å². The third-order valence-corrected chi connectivity index (χ3v) is 5.07. The summed E-state index contributed by atoms with van der Waals surface area (Å²) in [5, 5.41) is 11.7. The summed E-state index contributed by atoms with van der Waals surface area (Å²) in [7, 11) is 0. The van der Waals surface area contributed by atoms with Crippen molar-refractivity contribution in [2.24, 2.45) is 0 Å². The molecule has 0 fully saturated rings. The van der Waals surface area contributed by atoms with Crippen LogP contribution in [0.2, 0.25) is 5.02 Å². The maximum absolute atomic E-state index is 12.9. The Morgan fingerprint density at radius 3 is 2.56 bits per heavy atom. The van der Waals surface area contributed by atoms with Crippen LogP contribution < -0.4 is 4.90 Å². The number of Topliss-reactive ketones (excluding diaryl/α,β-unsaturated/α-hetero) is 1. The van der Waals surface area contributed by atoms with Crippen LogP contribution in [0, 0.1) is 0 Å². The third kappa shape index (κ3) is 3.24. The van der Waals surface area contributed by atoms with Crippen molar-refractivity contribution in [3.8, 4) is 0 Å². The Labute approximate surface area is 159 Å². The first-order valence-corrected chi connectivity index (χ1v) is 9.17. The molecule has 25 heavy (non-hydrogen) atoms. The van der Waals surface area contributed by atoms with Crippen molar-refractivity contribution in [1.29, 1.82) is 0 Å². The largest absolute Gasteiger partial charge is 0.375 e. The Balaban J connectivity index is 1.99. The molecule has 1 aliphatic heterocycles. The van der Waals surface area contributed by atoms with Gasteiger partial charge in [-0.05, 0) is 48.9 Å². The molecule has 0 radical (unpaired) electrons. The molecule has 1 N–H and O–H groups in total. The fourth-order valence-electron chi connectivity index (χ4n) is 3.11. The summed E-state index contributed by atoms with van der Waals surface area (Å²) in [6, 6.07) is 11.7. The summed E-state index contributed by atoms with van der Waals surface area (Å²) in [5.41, 5.74) is -0.328. The monoisotopic (exact) mass is 421 g/mol. The Hall–Kier alpha value is -1.69. The number of carbonyl (C=O) groups excluding carboxylic acids is 2. The van der Waals surface area contributed by atoms with Crippen LogP contribution in [0.1, 0.15) is 35.7 Å². The van der Waals surface area contributed by atoms with Gasteiger partial charge >= 0.3 is 0 Å². The van der Waals surface area contributed by atoms with E-state index in [0.717, 1.165) is 10.9 Å². The lowest BCUT2D eigenvalue weighted by Gasteiger charge is -2.22. The van der Waals surface area contributed by atoms with E-state index >= 15 is 0 Å². The smallest absolute Gasteiger partial charge is 0.264 e. The number of aliphatic hydroxyl groups is 1. The molecule has 0 aromatic heterocycles. The summed E-state index contributed by atoms with van der Waals surface area (Å²) in [6.45, 7) is 2.45. The van der Waals surface area contributed by atoms with Crippen molar-refractivity contribution in [3.63, 3.8) is 0 Å². The van der Waals surface area contributed by atoms with Gasteiger partial charge in [-0.3, -0.25) is 9.59 Å². The number of halogens is 2. The van der Waals surface area contributed by atoms with E-state index in [9.17, 15) is 14.7 Å². The van der Waals surface area contributed by atoms with Gasteiger partial charge in [0.25, 0.3) is 5.91 Å². The number of hydrogen-bond acceptors (Lipinski definition) is 3. The third-order valence-electron chi connectivity index (χ3n) is 4.32. The van der Waals surface area contributed by atoms with Gasteiger partial charge < -0.3 is 10.0 Å². The molecule has 2 aromatic carbocycles. The molecule has 1 amide bonds. The van der Waals surface area contributed by atoms with Gasteiger partial charge in [-0.25, -0.2) is 0 Å². The minimum Gasteiger partial charge on any atom is -0.375 e. The molecule has 0 unspecified atom stereocenters. The van der Waals surface area contributed by atoms with Crippen molar-refractivity contribution in [2.45, 2.75) is 25.4 Å². The minimum atomic E-state index is -1.86. The molecule has 0 spiro atoms. The minimum absolute atomic E-state index is 0.308. The SMILES string of the molecule is CCCN1C(=O)[C@@](O)(CC(=O)c2ccc(Cl)cc2)c2cc(Br)ccc21. The zero-order valence-corrected chi connectivity index (χ0v) is 16.0. The summed E-state index contributed by atoms with van der Waals surface area (Å²) < 4.78 is 0.745. The molecule has 130 valence electrons. The van der Waals surface area contributed by atoms with Crippen LogP contribution in [-0.2, 0) is 10.4 Å². The van der Waals surface area contributed by atoms with Crippen LogP contribution in [0.5, 0.6) is 0 Å². The van der Waals surface area contributed by atoms with Crippen molar-refractivity contribution in [3.05, 3.63) is 63.1 Å². The van der Waals surface area contributed by atoms with E-state index in [0.29, 0.717) is 28.4 Å². The van der Waals surface area contributed by atoms with Crippen molar-refractivity contribution in [2.75, 3.05) is 11.4 Å². The number of anilines is 1. The molecule has 0 aliphatic carbocycles. The van der Waals surface area contributed by atoms with Crippen molar-refractivity contribution in [1.82, 2.24) is 0 Å². The lowest BCUT2D eigenvalue weighted by atomic mass is 9.88. The Kier molecular flexibility index (Phi) is 5.00. The van der Waals surface area contributed by atoms with E-state index in [1.54, 1.807) is 41.3 Å². The van der Waals surface area contributed by atoms with Gasteiger partial charge in [-0.1, -0.05) is 34.5 Å². The molecule has 2 aromatic rings. The number of nitrogens with zero attached hydrogens (tertiary/aromatic N) is 1. The molecule has 0 bridgehead atoms. The second-order valence-corrected chi connectivity index (χ2v) is 7.44. The lowest BCUT2D eigenvalue weighted by Crippen LogP contribution is -2.42. The van der Waals surface area contributed by atoms with Crippen LogP contribution in [0.25, 0.3) is 0 Å². The first kappa shape index (κ1) is 18.1. The number of hydrogen-bond donors (Lipinski definition) is 1. The molecule has 1 atom stereocenters. The van der Waals surface area contributed by atoms with Gasteiger partial charge in [0.05, 0.1) is 12.1 Å². The maximum Gasteiger partial charge on any atom is 0.264 e. The van der Waals surface area contributed by atoms with Crippen LogP contribution in [0.3, 0.4) is 0 Å². The molecular weight excluding hydrogens is 406 g/mol. The predicted octanol–water partition coefficient (Wildman–Crippen LogP) is 4.32. The van der Waals surface area contributed by atoms with Crippen molar-refractivity contribution >= 4 is 44.9 Å². The molecular formula is C19H17BrClNO3. The highest BCUT2D eigenvalue weighted by molar-refractivity contribution is 9.10. The van der Waals surface area contributed by atoms with Gasteiger partial charge in [-0.15, -0.1) is 0 Å². The summed E-state index contributed by atoms with van der Waals surface area (Å²) in [6.07, 6.45) is 0.444. The number of ketones is 1. The van der Waals surface area contributed by atoms with Gasteiger partial charge in [0.1, 0.15) is 0 Å². The molecule has 1 heterocycles. The number of rotatable bonds is 5. The first-order chi connectivity index (χ1) is 11.9. The summed E-state index contributed by atoms with van der Waals surface area (Å²) >= 11 is 9.22. The Morgan fingerprint density at radius 2 is 1.92 bits per heavy atom. The highest BCUT2D eigenvalue weighted by Gasteiger charge is 2.50. The van der Waals surface area contributed by atoms with E-state index in [1.807, 2.05) is 13.0 Å². The lowest BCUT2D eigenvalue weighted by molar-refractivity contribution is -0.135. The van der Waals surface area contributed by atoms with E-state index in [4.69, 9.17) is 11.6 Å². The normalized spacial score (nSPS) is 19.2. The van der Waals surface area contributed by atoms with Crippen LogP contribution in [0.15, 0.2) is 46.9 Å². The molecule has 6 heteroatoms. The topological polar surface area (TPSA) is 57.6 Å². The molecule has 4 nitrogen and oxygen atoms in total. The number of amides is 1. The predicted molar refractivity (Wildman–Crippen MR) is 101 cm³/mol. The zero-order chi connectivity index (χ0) is 18.2. The van der Waals surface area contributed by atoms with Gasteiger partial charge in [-0.2, -0.15) is 0 Å². The number of fused-ring (bicyclic) bond motifs is 1. The molecule has 1 aliphatic rings. The Bertz CT molecular complexity index is 837. The summed E-state index contributed by atoms with van der Waals surface area (Å²) in [4.78, 5) is 27.1. The average molecular weight is 423 g/mol. The quantitative estimate of drug-likeness (QED) is 0.730. The zero-order valence-electron chi connectivity index (χ0n) is 13.6. The molecule has 3 rings (SSSR count). The molecule has 0 saturated carbocycles. The fraction of sp³-hybridized carbons (Fsp3) is 0.263. The maximum atomic E-state index is 12.9. The fourth-order valence-corrected chi connectivity index (χ4v) is 3.60. The van der Waals surface area contributed by atoms with Crippen molar-refractivity contribution < 1.29 is 14.7 Å². The summed E-state index contributed by atoms with van der Waals surface area (Å²) in [5.74, 6) is -0.762. The number of carbonyl (C=O) groups is 2. The van der Waals surface area contributed by atoms with Crippen LogP contribution in [0.4, 0.5) is 5.69 Å². The second kappa shape index (κ2) is 6.90.